The van der Waals surface area contributed by atoms with E-state index in [1.807, 2.05) is 6.07 Å². The Morgan fingerprint density at radius 2 is 2.17 bits per heavy atom. The minimum atomic E-state index is 0.158. The quantitative estimate of drug-likeness (QED) is 0.892. The second kappa shape index (κ2) is 5.42. The molecule has 0 spiro atoms. The molecule has 0 aliphatic carbocycles. The maximum atomic E-state index is 11.2. The first kappa shape index (κ1) is 12.9. The Bertz CT molecular complexity index is 430. The van der Waals surface area contributed by atoms with E-state index < -0.39 is 0 Å². The summed E-state index contributed by atoms with van der Waals surface area (Å²) in [4.78, 5) is 11.2. The zero-order valence-corrected chi connectivity index (χ0v) is 11.3. The van der Waals surface area contributed by atoms with Crippen molar-refractivity contribution in [1.29, 1.82) is 0 Å². The van der Waals surface area contributed by atoms with Crippen LogP contribution in [0.5, 0.6) is 5.75 Å². The van der Waals surface area contributed by atoms with Crippen LogP contribution >= 0.6 is 0 Å². The van der Waals surface area contributed by atoms with Gasteiger partial charge in [-0.1, -0.05) is 26.0 Å². The Kier molecular flexibility index (Phi) is 3.90. The van der Waals surface area contributed by atoms with E-state index in [-0.39, 0.29) is 5.91 Å². The van der Waals surface area contributed by atoms with Gasteiger partial charge in [-0.3, -0.25) is 4.79 Å². The van der Waals surface area contributed by atoms with Crippen LogP contribution in [-0.4, -0.2) is 19.6 Å². The molecular weight excluding hydrogens is 226 g/mol. The SMILES string of the molecule is COc1ccc(C(C)C)cc1C1CCC(=O)NC1. The summed E-state index contributed by atoms with van der Waals surface area (Å²) in [5, 5.41) is 2.94. The van der Waals surface area contributed by atoms with Gasteiger partial charge in [0.05, 0.1) is 7.11 Å². The number of rotatable bonds is 3. The smallest absolute Gasteiger partial charge is 0.220 e. The third-order valence-electron chi connectivity index (χ3n) is 3.63. The van der Waals surface area contributed by atoms with Crippen LogP contribution in [0.3, 0.4) is 0 Å². The van der Waals surface area contributed by atoms with E-state index in [9.17, 15) is 4.79 Å². The Hall–Kier alpha value is -1.51. The van der Waals surface area contributed by atoms with Gasteiger partial charge >= 0.3 is 0 Å². The molecule has 1 saturated heterocycles. The summed E-state index contributed by atoms with van der Waals surface area (Å²) in [5.41, 5.74) is 2.55. The molecule has 0 aromatic heterocycles. The molecular formula is C15H21NO2. The molecule has 1 aliphatic heterocycles. The van der Waals surface area contributed by atoms with E-state index in [0.29, 0.717) is 18.3 Å². The number of hydrogen-bond donors (Lipinski definition) is 1. The first-order chi connectivity index (χ1) is 8.61. The normalized spacial score (nSPS) is 19.8. The maximum Gasteiger partial charge on any atom is 0.220 e. The number of piperidine rings is 1. The van der Waals surface area contributed by atoms with Crippen LogP contribution in [-0.2, 0) is 4.79 Å². The van der Waals surface area contributed by atoms with Crippen molar-refractivity contribution in [1.82, 2.24) is 5.32 Å². The van der Waals surface area contributed by atoms with Gasteiger partial charge in [-0.2, -0.15) is 0 Å². The molecule has 0 saturated carbocycles. The van der Waals surface area contributed by atoms with E-state index in [2.05, 4.69) is 31.3 Å². The molecule has 1 atom stereocenters. The molecule has 1 aromatic rings. The number of benzene rings is 1. The number of carbonyl (C=O) groups excluding carboxylic acids is 1. The number of methoxy groups -OCH3 is 1. The van der Waals surface area contributed by atoms with Gasteiger partial charge in [0.15, 0.2) is 0 Å². The standard InChI is InChI=1S/C15H21NO2/c1-10(2)11-4-6-14(18-3)13(8-11)12-5-7-15(17)16-9-12/h4,6,8,10,12H,5,7,9H2,1-3H3,(H,16,17). The molecule has 1 fully saturated rings. The number of ether oxygens (including phenoxy) is 1. The van der Waals surface area contributed by atoms with Crippen molar-refractivity contribution in [3.8, 4) is 5.75 Å². The molecule has 1 amide bonds. The van der Waals surface area contributed by atoms with E-state index in [0.717, 1.165) is 18.7 Å². The summed E-state index contributed by atoms with van der Waals surface area (Å²) < 4.78 is 5.45. The van der Waals surface area contributed by atoms with Gasteiger partial charge in [0.25, 0.3) is 0 Å². The van der Waals surface area contributed by atoms with Gasteiger partial charge in [0, 0.05) is 18.9 Å². The van der Waals surface area contributed by atoms with Crippen LogP contribution in [0, 0.1) is 0 Å². The second-order valence-corrected chi connectivity index (χ2v) is 5.20. The number of amides is 1. The van der Waals surface area contributed by atoms with Gasteiger partial charge in [0.2, 0.25) is 5.91 Å². The second-order valence-electron chi connectivity index (χ2n) is 5.20. The largest absolute Gasteiger partial charge is 0.496 e. The molecule has 1 aliphatic rings. The monoisotopic (exact) mass is 247 g/mol. The lowest BCUT2D eigenvalue weighted by molar-refractivity contribution is -0.122. The summed E-state index contributed by atoms with van der Waals surface area (Å²) >= 11 is 0. The van der Waals surface area contributed by atoms with E-state index in [1.165, 1.54) is 11.1 Å². The predicted molar refractivity (Wildman–Crippen MR) is 72.1 cm³/mol. The van der Waals surface area contributed by atoms with E-state index in [4.69, 9.17) is 4.74 Å². The lowest BCUT2D eigenvalue weighted by Crippen LogP contribution is -2.33. The first-order valence-electron chi connectivity index (χ1n) is 6.56. The van der Waals surface area contributed by atoms with Crippen molar-refractivity contribution in [2.24, 2.45) is 0 Å². The molecule has 2 rings (SSSR count). The highest BCUT2D eigenvalue weighted by molar-refractivity contribution is 5.77. The summed E-state index contributed by atoms with van der Waals surface area (Å²) in [6, 6.07) is 6.39. The zero-order chi connectivity index (χ0) is 13.1. The van der Waals surface area contributed by atoms with Crippen LogP contribution < -0.4 is 10.1 Å². The summed E-state index contributed by atoms with van der Waals surface area (Å²) in [6.45, 7) is 5.10. The molecule has 98 valence electrons. The molecule has 1 aromatic carbocycles. The van der Waals surface area contributed by atoms with Gasteiger partial charge in [-0.15, -0.1) is 0 Å². The summed E-state index contributed by atoms with van der Waals surface area (Å²) in [5.74, 6) is 1.97. The summed E-state index contributed by atoms with van der Waals surface area (Å²) in [7, 11) is 1.70. The van der Waals surface area contributed by atoms with Crippen molar-refractivity contribution in [3.05, 3.63) is 29.3 Å². The zero-order valence-electron chi connectivity index (χ0n) is 11.3. The average Bonchev–Trinajstić information content (AvgIpc) is 2.39. The fraction of sp³-hybridized carbons (Fsp3) is 0.533. The minimum Gasteiger partial charge on any atom is -0.496 e. The van der Waals surface area contributed by atoms with E-state index >= 15 is 0 Å². The van der Waals surface area contributed by atoms with Gasteiger partial charge in [-0.25, -0.2) is 0 Å². The molecule has 0 radical (unpaired) electrons. The van der Waals surface area contributed by atoms with Crippen LogP contribution in [0.1, 0.15) is 49.7 Å². The van der Waals surface area contributed by atoms with Crippen molar-refractivity contribution in [3.63, 3.8) is 0 Å². The molecule has 1 unspecified atom stereocenters. The van der Waals surface area contributed by atoms with Gasteiger partial charge in [-0.05, 0) is 29.5 Å². The Labute approximate surface area is 109 Å². The van der Waals surface area contributed by atoms with Crippen LogP contribution in [0.2, 0.25) is 0 Å². The fourth-order valence-corrected chi connectivity index (χ4v) is 2.43. The lowest BCUT2D eigenvalue weighted by atomic mass is 9.88. The van der Waals surface area contributed by atoms with Gasteiger partial charge < -0.3 is 10.1 Å². The molecule has 3 nitrogen and oxygen atoms in total. The number of nitrogens with one attached hydrogen (secondary N) is 1. The van der Waals surface area contributed by atoms with Crippen LogP contribution in [0.4, 0.5) is 0 Å². The van der Waals surface area contributed by atoms with Crippen LogP contribution in [0.25, 0.3) is 0 Å². The number of carbonyl (C=O) groups is 1. The minimum absolute atomic E-state index is 0.158. The Balaban J connectivity index is 2.29. The summed E-state index contributed by atoms with van der Waals surface area (Å²) in [6.07, 6.45) is 1.52. The molecule has 3 heteroatoms. The average molecular weight is 247 g/mol. The van der Waals surface area contributed by atoms with Crippen molar-refractivity contribution in [2.75, 3.05) is 13.7 Å². The molecule has 0 bridgehead atoms. The van der Waals surface area contributed by atoms with E-state index in [1.54, 1.807) is 7.11 Å². The lowest BCUT2D eigenvalue weighted by Gasteiger charge is -2.25. The Morgan fingerprint density at radius 3 is 2.72 bits per heavy atom. The molecule has 1 N–H and O–H groups in total. The Morgan fingerprint density at radius 1 is 1.39 bits per heavy atom. The predicted octanol–water partition coefficient (Wildman–Crippen LogP) is 2.81. The number of hydrogen-bond acceptors (Lipinski definition) is 2. The highest BCUT2D eigenvalue weighted by Crippen LogP contribution is 2.33. The molecule has 18 heavy (non-hydrogen) atoms. The fourth-order valence-electron chi connectivity index (χ4n) is 2.43. The van der Waals surface area contributed by atoms with Crippen molar-refractivity contribution < 1.29 is 9.53 Å². The van der Waals surface area contributed by atoms with Crippen LogP contribution in [0.15, 0.2) is 18.2 Å². The molecule has 1 heterocycles. The van der Waals surface area contributed by atoms with Gasteiger partial charge in [0.1, 0.15) is 5.75 Å². The first-order valence-corrected chi connectivity index (χ1v) is 6.56. The maximum absolute atomic E-state index is 11.2. The third-order valence-corrected chi connectivity index (χ3v) is 3.63. The third kappa shape index (κ3) is 2.66. The topological polar surface area (TPSA) is 38.3 Å². The highest BCUT2D eigenvalue weighted by atomic mass is 16.5. The van der Waals surface area contributed by atoms with Crippen molar-refractivity contribution >= 4 is 5.91 Å². The van der Waals surface area contributed by atoms with Crippen molar-refractivity contribution in [2.45, 2.75) is 38.5 Å². The highest BCUT2D eigenvalue weighted by Gasteiger charge is 2.22.